The second-order valence-electron chi connectivity index (χ2n) is 5.46. The van der Waals surface area contributed by atoms with Gasteiger partial charge >= 0.3 is 0 Å². The number of benzene rings is 1. The van der Waals surface area contributed by atoms with Crippen molar-refractivity contribution in [3.05, 3.63) is 65.9 Å². The highest BCUT2D eigenvalue weighted by molar-refractivity contribution is 5.60. The number of pyridine rings is 1. The van der Waals surface area contributed by atoms with E-state index in [1.54, 1.807) is 18.3 Å². The van der Waals surface area contributed by atoms with Gasteiger partial charge in [-0.3, -0.25) is 4.98 Å². The Morgan fingerprint density at radius 1 is 0.923 bits per heavy atom. The summed E-state index contributed by atoms with van der Waals surface area (Å²) in [6.07, 6.45) is 1.65. The molecule has 3 N–H and O–H groups in total. The molecular weight excluding hydrogens is 340 g/mol. The molecule has 2 aromatic heterocycles. The minimum Gasteiger partial charge on any atom is -0.395 e. The molecule has 8 heteroatoms. The Morgan fingerprint density at radius 2 is 1.73 bits per heavy atom. The lowest BCUT2D eigenvalue weighted by molar-refractivity contribution is 0.311. The van der Waals surface area contributed by atoms with Crippen molar-refractivity contribution in [2.75, 3.05) is 23.8 Å². The Labute approximate surface area is 149 Å². The molecule has 0 saturated carbocycles. The first-order valence-electron chi connectivity index (χ1n) is 7.98. The minimum atomic E-state index is -0.635. The number of aliphatic hydroxyl groups excluding tert-OH is 1. The Bertz CT molecular complexity index is 856. The number of nitrogens with zero attached hydrogens (tertiary/aromatic N) is 3. The molecule has 0 spiro atoms. The fraction of sp³-hybridized carbons (Fsp3) is 0.167. The first-order valence-corrected chi connectivity index (χ1v) is 7.98. The van der Waals surface area contributed by atoms with Gasteiger partial charge in [0.1, 0.15) is 17.5 Å². The zero-order valence-corrected chi connectivity index (χ0v) is 13.8. The maximum atomic E-state index is 13.3. The second-order valence-corrected chi connectivity index (χ2v) is 5.46. The molecule has 0 aliphatic carbocycles. The lowest BCUT2D eigenvalue weighted by Gasteiger charge is -2.11. The van der Waals surface area contributed by atoms with Crippen LogP contribution in [0.15, 0.2) is 48.7 Å². The van der Waals surface area contributed by atoms with Crippen molar-refractivity contribution in [3.8, 4) is 11.4 Å². The van der Waals surface area contributed by atoms with E-state index in [1.807, 2.05) is 12.1 Å². The lowest BCUT2D eigenvalue weighted by Crippen LogP contribution is -2.11. The first kappa shape index (κ1) is 17.7. The van der Waals surface area contributed by atoms with Crippen molar-refractivity contribution in [3.63, 3.8) is 0 Å². The average Bonchev–Trinajstić information content (AvgIpc) is 2.64. The largest absolute Gasteiger partial charge is 0.395 e. The van der Waals surface area contributed by atoms with Crippen molar-refractivity contribution >= 4 is 11.8 Å². The van der Waals surface area contributed by atoms with E-state index in [0.717, 1.165) is 6.07 Å². The molecule has 0 radical (unpaired) electrons. The summed E-state index contributed by atoms with van der Waals surface area (Å²) in [5.74, 6) is -0.492. The quantitative estimate of drug-likeness (QED) is 0.603. The molecule has 0 atom stereocenters. The van der Waals surface area contributed by atoms with Crippen molar-refractivity contribution in [1.82, 2.24) is 15.0 Å². The number of hydrogen-bond donors (Lipinski definition) is 3. The molecule has 0 aliphatic rings. The Balaban J connectivity index is 1.85. The summed E-state index contributed by atoms with van der Waals surface area (Å²) in [6, 6.07) is 10.5. The van der Waals surface area contributed by atoms with Crippen LogP contribution in [-0.2, 0) is 6.54 Å². The van der Waals surface area contributed by atoms with Gasteiger partial charge < -0.3 is 15.7 Å². The normalized spacial score (nSPS) is 10.6. The zero-order valence-electron chi connectivity index (χ0n) is 13.8. The predicted octanol–water partition coefficient (Wildman–Crippen LogP) is 2.83. The van der Waals surface area contributed by atoms with E-state index in [0.29, 0.717) is 35.3 Å². The highest BCUT2D eigenvalue weighted by Crippen LogP contribution is 2.20. The molecule has 0 amide bonds. The maximum absolute atomic E-state index is 13.3. The number of halogens is 2. The van der Waals surface area contributed by atoms with E-state index in [2.05, 4.69) is 25.6 Å². The molecule has 0 unspecified atom stereocenters. The van der Waals surface area contributed by atoms with Crippen LogP contribution in [-0.4, -0.2) is 33.2 Å². The van der Waals surface area contributed by atoms with E-state index in [4.69, 9.17) is 5.11 Å². The molecule has 0 aliphatic heterocycles. The maximum Gasteiger partial charge on any atom is 0.225 e. The fourth-order valence-corrected chi connectivity index (χ4v) is 2.34. The van der Waals surface area contributed by atoms with Gasteiger partial charge in [0.25, 0.3) is 0 Å². The van der Waals surface area contributed by atoms with Gasteiger partial charge in [0.2, 0.25) is 5.95 Å². The summed E-state index contributed by atoms with van der Waals surface area (Å²) < 4.78 is 26.6. The summed E-state index contributed by atoms with van der Waals surface area (Å²) in [5.41, 5.74) is 1.68. The van der Waals surface area contributed by atoms with Crippen LogP contribution in [0.25, 0.3) is 11.4 Å². The van der Waals surface area contributed by atoms with E-state index < -0.39 is 11.6 Å². The zero-order chi connectivity index (χ0) is 18.4. The van der Waals surface area contributed by atoms with Crippen LogP contribution in [0.2, 0.25) is 0 Å². The van der Waals surface area contributed by atoms with Crippen molar-refractivity contribution in [2.24, 2.45) is 0 Å². The SMILES string of the molecule is OCCNc1nc(NCc2cc(F)cc(F)c2)cc(-c2ccccn2)n1. The van der Waals surface area contributed by atoms with Gasteiger partial charge in [-0.15, -0.1) is 0 Å². The van der Waals surface area contributed by atoms with E-state index in [9.17, 15) is 8.78 Å². The first-order chi connectivity index (χ1) is 12.6. The van der Waals surface area contributed by atoms with Gasteiger partial charge in [0, 0.05) is 31.4 Å². The van der Waals surface area contributed by atoms with E-state index >= 15 is 0 Å². The number of aromatic nitrogens is 3. The number of aliphatic hydroxyl groups is 1. The predicted molar refractivity (Wildman–Crippen MR) is 94.5 cm³/mol. The Morgan fingerprint density at radius 3 is 2.42 bits per heavy atom. The third-order valence-electron chi connectivity index (χ3n) is 3.44. The summed E-state index contributed by atoms with van der Waals surface area (Å²) in [7, 11) is 0. The lowest BCUT2D eigenvalue weighted by atomic mass is 10.2. The average molecular weight is 357 g/mol. The molecule has 134 valence electrons. The van der Waals surface area contributed by atoms with Crippen LogP contribution >= 0.6 is 0 Å². The van der Waals surface area contributed by atoms with Crippen LogP contribution in [0.4, 0.5) is 20.5 Å². The molecule has 2 heterocycles. The van der Waals surface area contributed by atoms with Crippen LogP contribution in [0.5, 0.6) is 0 Å². The number of anilines is 2. The smallest absolute Gasteiger partial charge is 0.225 e. The molecule has 3 aromatic rings. The Kier molecular flexibility index (Phi) is 5.65. The number of hydrogen-bond acceptors (Lipinski definition) is 6. The molecule has 3 rings (SSSR count). The molecule has 26 heavy (non-hydrogen) atoms. The van der Waals surface area contributed by atoms with Gasteiger partial charge in [0.05, 0.1) is 18.0 Å². The van der Waals surface area contributed by atoms with Crippen molar-refractivity contribution < 1.29 is 13.9 Å². The van der Waals surface area contributed by atoms with E-state index in [1.165, 1.54) is 12.1 Å². The third kappa shape index (κ3) is 4.70. The number of nitrogens with one attached hydrogen (secondary N) is 2. The standard InChI is InChI=1S/C18H17F2N5O/c19-13-7-12(8-14(20)9-13)11-23-17-10-16(15-3-1-2-4-21-15)24-18(25-17)22-5-6-26/h1-4,7-10,26H,5-6,11H2,(H2,22,23,24,25). The summed E-state index contributed by atoms with van der Waals surface area (Å²) in [6.45, 7) is 0.412. The second kappa shape index (κ2) is 8.30. The molecule has 0 bridgehead atoms. The van der Waals surface area contributed by atoms with Gasteiger partial charge in [-0.05, 0) is 29.8 Å². The molecular formula is C18H17F2N5O. The highest BCUT2D eigenvalue weighted by Gasteiger charge is 2.08. The van der Waals surface area contributed by atoms with Crippen molar-refractivity contribution in [2.45, 2.75) is 6.54 Å². The van der Waals surface area contributed by atoms with Crippen LogP contribution in [0.3, 0.4) is 0 Å². The third-order valence-corrected chi connectivity index (χ3v) is 3.44. The van der Waals surface area contributed by atoms with Crippen LogP contribution < -0.4 is 10.6 Å². The summed E-state index contributed by atoms with van der Waals surface area (Å²) in [4.78, 5) is 12.9. The monoisotopic (exact) mass is 357 g/mol. The van der Waals surface area contributed by atoms with Gasteiger partial charge in [-0.2, -0.15) is 4.98 Å². The van der Waals surface area contributed by atoms with Gasteiger partial charge in [0.15, 0.2) is 0 Å². The number of rotatable bonds is 7. The van der Waals surface area contributed by atoms with Crippen molar-refractivity contribution in [1.29, 1.82) is 0 Å². The molecule has 6 nitrogen and oxygen atoms in total. The summed E-state index contributed by atoms with van der Waals surface area (Å²) >= 11 is 0. The van der Waals surface area contributed by atoms with Gasteiger partial charge in [-0.1, -0.05) is 6.07 Å². The van der Waals surface area contributed by atoms with Crippen LogP contribution in [0, 0.1) is 11.6 Å². The highest BCUT2D eigenvalue weighted by atomic mass is 19.1. The summed E-state index contributed by atoms with van der Waals surface area (Å²) in [5, 5.41) is 14.9. The van der Waals surface area contributed by atoms with Crippen LogP contribution in [0.1, 0.15) is 5.56 Å². The van der Waals surface area contributed by atoms with E-state index in [-0.39, 0.29) is 13.2 Å². The minimum absolute atomic E-state index is 0.0670. The molecule has 0 saturated heterocycles. The topological polar surface area (TPSA) is 83.0 Å². The molecule has 1 aromatic carbocycles. The molecule has 0 fully saturated rings. The van der Waals surface area contributed by atoms with Gasteiger partial charge in [-0.25, -0.2) is 13.8 Å². The fourth-order valence-electron chi connectivity index (χ4n) is 2.34. The Hall–Kier alpha value is -3.13.